The number of hydrogen-bond donors (Lipinski definition) is 2. The Morgan fingerprint density at radius 3 is 2.78 bits per heavy atom. The van der Waals surface area contributed by atoms with Crippen molar-refractivity contribution in [2.75, 3.05) is 7.11 Å². The standard InChI is InChI=1S/C11H8BrFN2O3/c1-18-5-2-6(10(13)7(12)3-5)8-4-9(11(16)17)15-14-8/h2-4H,1H3,(H,14,15)(H,16,17). The van der Waals surface area contributed by atoms with Gasteiger partial charge in [0.05, 0.1) is 17.3 Å². The van der Waals surface area contributed by atoms with Gasteiger partial charge in [-0.05, 0) is 34.1 Å². The van der Waals surface area contributed by atoms with Crippen LogP contribution >= 0.6 is 15.9 Å². The third-order valence-corrected chi connectivity index (χ3v) is 2.90. The molecule has 0 saturated heterocycles. The van der Waals surface area contributed by atoms with Gasteiger partial charge in [0.25, 0.3) is 0 Å². The van der Waals surface area contributed by atoms with E-state index >= 15 is 0 Å². The number of carbonyl (C=O) groups is 1. The summed E-state index contributed by atoms with van der Waals surface area (Å²) in [5.74, 6) is -1.24. The maximum absolute atomic E-state index is 13.9. The molecule has 5 nitrogen and oxygen atoms in total. The summed E-state index contributed by atoms with van der Waals surface area (Å²) in [6.07, 6.45) is 0. The number of ether oxygens (including phenoxy) is 1. The number of aromatic carboxylic acids is 1. The lowest BCUT2D eigenvalue weighted by molar-refractivity contribution is 0.0690. The fourth-order valence-corrected chi connectivity index (χ4v) is 1.88. The topological polar surface area (TPSA) is 75.2 Å². The lowest BCUT2D eigenvalue weighted by Gasteiger charge is -2.05. The average Bonchev–Trinajstić information content (AvgIpc) is 2.82. The average molecular weight is 315 g/mol. The van der Waals surface area contributed by atoms with Crippen LogP contribution in [0.4, 0.5) is 4.39 Å². The molecule has 1 aromatic carbocycles. The van der Waals surface area contributed by atoms with Gasteiger partial charge >= 0.3 is 5.97 Å². The number of carboxylic acid groups (broad SMARTS) is 1. The van der Waals surface area contributed by atoms with Gasteiger partial charge in [-0.2, -0.15) is 5.10 Å². The fraction of sp³-hybridized carbons (Fsp3) is 0.0909. The van der Waals surface area contributed by atoms with Gasteiger partial charge < -0.3 is 9.84 Å². The summed E-state index contributed by atoms with van der Waals surface area (Å²) in [6.45, 7) is 0. The van der Waals surface area contributed by atoms with Gasteiger partial charge in [-0.15, -0.1) is 0 Å². The van der Waals surface area contributed by atoms with Crippen molar-refractivity contribution >= 4 is 21.9 Å². The van der Waals surface area contributed by atoms with Crippen LogP contribution < -0.4 is 4.74 Å². The number of nitrogens with zero attached hydrogens (tertiary/aromatic N) is 1. The van der Waals surface area contributed by atoms with Crippen molar-refractivity contribution in [2.45, 2.75) is 0 Å². The van der Waals surface area contributed by atoms with E-state index in [1.165, 1.54) is 25.3 Å². The highest BCUT2D eigenvalue weighted by Gasteiger charge is 2.16. The van der Waals surface area contributed by atoms with Crippen molar-refractivity contribution in [3.05, 3.63) is 34.2 Å². The Hall–Kier alpha value is -1.89. The first-order valence-electron chi connectivity index (χ1n) is 4.85. The quantitative estimate of drug-likeness (QED) is 0.913. The number of hydrogen-bond acceptors (Lipinski definition) is 3. The van der Waals surface area contributed by atoms with Crippen molar-refractivity contribution < 1.29 is 19.0 Å². The zero-order chi connectivity index (χ0) is 13.3. The molecule has 0 saturated carbocycles. The van der Waals surface area contributed by atoms with Crippen molar-refractivity contribution in [2.24, 2.45) is 0 Å². The lowest BCUT2D eigenvalue weighted by atomic mass is 10.1. The molecule has 1 aromatic heterocycles. The molecule has 0 aliphatic rings. The van der Waals surface area contributed by atoms with Gasteiger partial charge in [-0.1, -0.05) is 0 Å². The van der Waals surface area contributed by atoms with Gasteiger partial charge in [-0.25, -0.2) is 9.18 Å². The molecule has 0 unspecified atom stereocenters. The molecule has 0 fully saturated rings. The highest BCUT2D eigenvalue weighted by Crippen LogP contribution is 2.31. The summed E-state index contributed by atoms with van der Waals surface area (Å²) < 4.78 is 19.1. The van der Waals surface area contributed by atoms with E-state index in [0.29, 0.717) is 5.75 Å². The van der Waals surface area contributed by atoms with Crippen LogP contribution in [0.25, 0.3) is 11.3 Å². The minimum atomic E-state index is -1.16. The third kappa shape index (κ3) is 2.21. The Morgan fingerprint density at radius 2 is 2.22 bits per heavy atom. The highest BCUT2D eigenvalue weighted by molar-refractivity contribution is 9.10. The number of methoxy groups -OCH3 is 1. The molecule has 18 heavy (non-hydrogen) atoms. The molecular formula is C11H8BrFN2O3. The van der Waals surface area contributed by atoms with Crippen molar-refractivity contribution in [1.82, 2.24) is 10.2 Å². The first-order valence-corrected chi connectivity index (χ1v) is 5.64. The predicted octanol–water partition coefficient (Wildman–Crippen LogP) is 2.69. The van der Waals surface area contributed by atoms with Crippen molar-refractivity contribution in [3.8, 4) is 17.0 Å². The number of benzene rings is 1. The monoisotopic (exact) mass is 314 g/mol. The highest BCUT2D eigenvalue weighted by atomic mass is 79.9. The zero-order valence-corrected chi connectivity index (χ0v) is 10.8. The van der Waals surface area contributed by atoms with Gasteiger partial charge in [0, 0.05) is 5.56 Å². The summed E-state index contributed by atoms with van der Waals surface area (Å²) in [4.78, 5) is 10.7. The summed E-state index contributed by atoms with van der Waals surface area (Å²) >= 11 is 3.06. The number of aromatic nitrogens is 2. The second-order valence-electron chi connectivity index (χ2n) is 3.44. The molecule has 0 aliphatic heterocycles. The first kappa shape index (κ1) is 12.6. The molecule has 2 rings (SSSR count). The zero-order valence-electron chi connectivity index (χ0n) is 9.20. The van der Waals surface area contributed by atoms with E-state index in [1.54, 1.807) is 0 Å². The maximum Gasteiger partial charge on any atom is 0.353 e. The largest absolute Gasteiger partial charge is 0.497 e. The Kier molecular flexibility index (Phi) is 3.33. The van der Waals surface area contributed by atoms with Crippen LogP contribution in [0.1, 0.15) is 10.5 Å². The molecular weight excluding hydrogens is 307 g/mol. The number of carboxylic acids is 1. The molecule has 2 aromatic rings. The van der Waals surface area contributed by atoms with E-state index in [4.69, 9.17) is 9.84 Å². The maximum atomic E-state index is 13.9. The molecule has 0 bridgehead atoms. The minimum Gasteiger partial charge on any atom is -0.497 e. The number of nitrogens with one attached hydrogen (secondary N) is 1. The molecule has 2 N–H and O–H groups in total. The van der Waals surface area contributed by atoms with E-state index in [-0.39, 0.29) is 21.4 Å². The van der Waals surface area contributed by atoms with Gasteiger partial charge in [0.1, 0.15) is 17.3 Å². The summed E-state index contributed by atoms with van der Waals surface area (Å²) in [5, 5.41) is 14.8. The summed E-state index contributed by atoms with van der Waals surface area (Å²) in [5.41, 5.74) is 0.248. The van der Waals surface area contributed by atoms with E-state index < -0.39 is 11.8 Å². The smallest absolute Gasteiger partial charge is 0.353 e. The molecule has 7 heteroatoms. The summed E-state index contributed by atoms with van der Waals surface area (Å²) in [7, 11) is 1.46. The van der Waals surface area contributed by atoms with Crippen molar-refractivity contribution in [3.63, 3.8) is 0 Å². The normalized spacial score (nSPS) is 10.4. The second kappa shape index (κ2) is 4.77. The van der Waals surface area contributed by atoms with Crippen LogP contribution in [0.5, 0.6) is 5.75 Å². The minimum absolute atomic E-state index is 0.108. The van der Waals surface area contributed by atoms with Crippen LogP contribution in [0, 0.1) is 5.82 Å². The Bertz CT molecular complexity index is 612. The predicted molar refractivity (Wildman–Crippen MR) is 65.2 cm³/mol. The molecule has 1 heterocycles. The molecule has 0 spiro atoms. The number of aromatic amines is 1. The van der Waals surface area contributed by atoms with Crippen LogP contribution in [-0.4, -0.2) is 28.4 Å². The molecule has 94 valence electrons. The first-order chi connectivity index (χ1) is 8.52. The van der Waals surface area contributed by atoms with Crippen LogP contribution in [0.2, 0.25) is 0 Å². The Balaban J connectivity index is 2.55. The Labute approximate surface area is 110 Å². The SMILES string of the molecule is COc1cc(Br)c(F)c(-c2cc(C(=O)O)[nH]n2)c1. The number of rotatable bonds is 3. The van der Waals surface area contributed by atoms with E-state index in [2.05, 4.69) is 26.1 Å². The second-order valence-corrected chi connectivity index (χ2v) is 4.30. The molecule has 0 aliphatic carbocycles. The van der Waals surface area contributed by atoms with E-state index in [0.717, 1.165) is 0 Å². The van der Waals surface area contributed by atoms with Crippen LogP contribution in [-0.2, 0) is 0 Å². The van der Waals surface area contributed by atoms with Crippen molar-refractivity contribution in [1.29, 1.82) is 0 Å². The number of H-pyrrole nitrogens is 1. The van der Waals surface area contributed by atoms with E-state index in [1.807, 2.05) is 0 Å². The molecule has 0 amide bonds. The Morgan fingerprint density at radius 1 is 1.50 bits per heavy atom. The van der Waals surface area contributed by atoms with Crippen LogP contribution in [0.3, 0.4) is 0 Å². The van der Waals surface area contributed by atoms with Gasteiger partial charge in [0.2, 0.25) is 0 Å². The lowest BCUT2D eigenvalue weighted by Crippen LogP contribution is -1.95. The van der Waals surface area contributed by atoms with Gasteiger partial charge in [-0.3, -0.25) is 5.10 Å². The van der Waals surface area contributed by atoms with Crippen LogP contribution in [0.15, 0.2) is 22.7 Å². The molecule has 0 atom stereocenters. The number of halogens is 2. The third-order valence-electron chi connectivity index (χ3n) is 2.32. The molecule has 0 radical (unpaired) electrons. The summed E-state index contributed by atoms with van der Waals surface area (Å²) in [6, 6.07) is 4.18. The van der Waals surface area contributed by atoms with Gasteiger partial charge in [0.15, 0.2) is 0 Å². The van der Waals surface area contributed by atoms with E-state index in [9.17, 15) is 9.18 Å². The fourth-order valence-electron chi connectivity index (χ4n) is 1.44.